The minimum absolute atomic E-state index is 0.160. The van der Waals surface area contributed by atoms with Gasteiger partial charge in [-0.3, -0.25) is 9.89 Å². The van der Waals surface area contributed by atoms with Gasteiger partial charge in [-0.05, 0) is 49.9 Å². The third-order valence-corrected chi connectivity index (χ3v) is 5.22. The molecule has 0 saturated heterocycles. The van der Waals surface area contributed by atoms with Gasteiger partial charge in [0.25, 0.3) is 5.91 Å². The van der Waals surface area contributed by atoms with Crippen LogP contribution in [0.25, 0.3) is 10.9 Å². The lowest BCUT2D eigenvalue weighted by molar-refractivity contribution is 0.102. The highest BCUT2D eigenvalue weighted by molar-refractivity contribution is 6.06. The van der Waals surface area contributed by atoms with Crippen molar-refractivity contribution in [3.05, 3.63) is 46.8 Å². The minimum Gasteiger partial charge on any atom is -0.351 e. The Kier molecular flexibility index (Phi) is 3.63. The average Bonchev–Trinajstić information content (AvgIpc) is 3.29. The van der Waals surface area contributed by atoms with Crippen molar-refractivity contribution >= 4 is 22.6 Å². The second-order valence-corrected chi connectivity index (χ2v) is 6.80. The van der Waals surface area contributed by atoms with E-state index in [1.54, 1.807) is 0 Å². The molecule has 5 heteroatoms. The monoisotopic (exact) mass is 322 g/mol. The Morgan fingerprint density at radius 3 is 2.79 bits per heavy atom. The summed E-state index contributed by atoms with van der Waals surface area (Å²) in [6, 6.07) is 7.96. The molecule has 24 heavy (non-hydrogen) atoms. The number of carbonyl (C=O) groups is 1. The summed E-state index contributed by atoms with van der Waals surface area (Å²) in [6.45, 7) is 4.16. The Hall–Kier alpha value is -2.56. The van der Waals surface area contributed by atoms with Gasteiger partial charge < -0.3 is 10.3 Å². The van der Waals surface area contributed by atoms with E-state index in [1.807, 2.05) is 18.2 Å². The molecule has 1 amide bonds. The molecule has 124 valence electrons. The minimum atomic E-state index is -0.160. The van der Waals surface area contributed by atoms with E-state index < -0.39 is 0 Å². The molecule has 3 N–H and O–H groups in total. The summed E-state index contributed by atoms with van der Waals surface area (Å²) in [5, 5.41) is 11.3. The highest BCUT2D eigenvalue weighted by Gasteiger charge is 2.20. The van der Waals surface area contributed by atoms with Gasteiger partial charge in [-0.2, -0.15) is 5.10 Å². The van der Waals surface area contributed by atoms with Crippen LogP contribution in [0.2, 0.25) is 0 Å². The molecule has 1 aliphatic carbocycles. The molecule has 3 aromatic rings. The zero-order valence-electron chi connectivity index (χ0n) is 14.1. The van der Waals surface area contributed by atoms with Crippen molar-refractivity contribution < 1.29 is 4.79 Å². The number of nitrogens with one attached hydrogen (secondary N) is 3. The third-order valence-electron chi connectivity index (χ3n) is 5.22. The van der Waals surface area contributed by atoms with Gasteiger partial charge >= 0.3 is 0 Å². The predicted molar refractivity (Wildman–Crippen MR) is 95.5 cm³/mol. The maximum absolute atomic E-state index is 12.5. The van der Waals surface area contributed by atoms with E-state index in [4.69, 9.17) is 0 Å². The number of amides is 1. The second kappa shape index (κ2) is 5.82. The fourth-order valence-corrected chi connectivity index (χ4v) is 3.61. The van der Waals surface area contributed by atoms with Crippen LogP contribution in [-0.2, 0) is 0 Å². The summed E-state index contributed by atoms with van der Waals surface area (Å²) in [7, 11) is 0. The predicted octanol–water partition coefficient (Wildman–Crippen LogP) is 4.42. The normalized spacial score (nSPS) is 15.2. The summed E-state index contributed by atoms with van der Waals surface area (Å²) in [6.07, 6.45) is 4.96. The van der Waals surface area contributed by atoms with E-state index in [1.165, 1.54) is 36.8 Å². The number of fused-ring (bicyclic) bond motifs is 1. The lowest BCUT2D eigenvalue weighted by Crippen LogP contribution is -2.12. The molecule has 2 heterocycles. The Morgan fingerprint density at radius 2 is 2.00 bits per heavy atom. The van der Waals surface area contributed by atoms with Crippen LogP contribution in [0, 0.1) is 13.8 Å². The second-order valence-electron chi connectivity index (χ2n) is 6.80. The van der Waals surface area contributed by atoms with Gasteiger partial charge in [0.1, 0.15) is 5.69 Å². The first-order valence-electron chi connectivity index (χ1n) is 8.57. The molecule has 4 rings (SSSR count). The Morgan fingerprint density at radius 1 is 1.21 bits per heavy atom. The molecule has 1 aliphatic rings. The van der Waals surface area contributed by atoms with Crippen molar-refractivity contribution in [1.29, 1.82) is 0 Å². The summed E-state index contributed by atoms with van der Waals surface area (Å²) in [5.74, 6) is 0.989. The van der Waals surface area contributed by atoms with Crippen molar-refractivity contribution in [3.63, 3.8) is 0 Å². The molecule has 5 nitrogen and oxygen atoms in total. The number of anilines is 1. The number of H-pyrrole nitrogens is 2. The van der Waals surface area contributed by atoms with Crippen molar-refractivity contribution in [2.45, 2.75) is 45.4 Å². The number of hydrogen-bond acceptors (Lipinski definition) is 2. The Bertz CT molecular complexity index is 899. The van der Waals surface area contributed by atoms with Crippen LogP contribution in [0.1, 0.15) is 58.9 Å². The first-order chi connectivity index (χ1) is 11.6. The van der Waals surface area contributed by atoms with Gasteiger partial charge in [-0.1, -0.05) is 18.9 Å². The van der Waals surface area contributed by atoms with Crippen LogP contribution in [-0.4, -0.2) is 21.1 Å². The van der Waals surface area contributed by atoms with E-state index in [0.29, 0.717) is 17.4 Å². The van der Waals surface area contributed by atoms with Crippen LogP contribution >= 0.6 is 0 Å². The van der Waals surface area contributed by atoms with Gasteiger partial charge in [0.2, 0.25) is 0 Å². The molecule has 2 aromatic heterocycles. The first kappa shape index (κ1) is 15.0. The number of aromatic amines is 2. The Labute approximate surface area is 140 Å². The summed E-state index contributed by atoms with van der Waals surface area (Å²) < 4.78 is 0. The molecular weight excluding hydrogens is 300 g/mol. The number of nitrogens with zero attached hydrogens (tertiary/aromatic N) is 1. The van der Waals surface area contributed by atoms with E-state index >= 15 is 0 Å². The van der Waals surface area contributed by atoms with Crippen molar-refractivity contribution in [3.8, 4) is 0 Å². The highest BCUT2D eigenvalue weighted by atomic mass is 16.1. The third kappa shape index (κ3) is 2.60. The van der Waals surface area contributed by atoms with Gasteiger partial charge in [0, 0.05) is 28.6 Å². The van der Waals surface area contributed by atoms with E-state index in [0.717, 1.165) is 16.6 Å². The first-order valence-corrected chi connectivity index (χ1v) is 8.57. The summed E-state index contributed by atoms with van der Waals surface area (Å²) in [4.78, 5) is 15.7. The van der Waals surface area contributed by atoms with Crippen LogP contribution in [0.3, 0.4) is 0 Å². The number of aromatic nitrogens is 3. The number of aryl methyl sites for hydroxylation is 2. The summed E-state index contributed by atoms with van der Waals surface area (Å²) >= 11 is 0. The van der Waals surface area contributed by atoms with Crippen molar-refractivity contribution in [1.82, 2.24) is 15.2 Å². The molecule has 1 fully saturated rings. The van der Waals surface area contributed by atoms with Crippen molar-refractivity contribution in [2.75, 3.05) is 5.32 Å². The molecule has 0 unspecified atom stereocenters. The Balaban J connectivity index is 1.55. The van der Waals surface area contributed by atoms with Gasteiger partial charge in [0.05, 0.1) is 0 Å². The van der Waals surface area contributed by atoms with Gasteiger partial charge in [0.15, 0.2) is 5.82 Å². The quantitative estimate of drug-likeness (QED) is 0.668. The molecule has 0 bridgehead atoms. The van der Waals surface area contributed by atoms with E-state index in [2.05, 4.69) is 40.4 Å². The molecule has 0 atom stereocenters. The number of benzene rings is 1. The zero-order chi connectivity index (χ0) is 16.7. The molecular formula is C19H22N4O. The lowest BCUT2D eigenvalue weighted by Gasteiger charge is -2.03. The largest absolute Gasteiger partial charge is 0.351 e. The molecule has 0 radical (unpaired) electrons. The number of rotatable bonds is 3. The van der Waals surface area contributed by atoms with Crippen LogP contribution in [0.4, 0.5) is 5.82 Å². The van der Waals surface area contributed by atoms with Crippen LogP contribution in [0.15, 0.2) is 24.3 Å². The van der Waals surface area contributed by atoms with E-state index in [-0.39, 0.29) is 5.91 Å². The fraction of sp³-hybridized carbons (Fsp3) is 0.368. The van der Waals surface area contributed by atoms with Gasteiger partial charge in [-0.25, -0.2) is 0 Å². The van der Waals surface area contributed by atoms with Crippen molar-refractivity contribution in [2.24, 2.45) is 0 Å². The topological polar surface area (TPSA) is 73.6 Å². The van der Waals surface area contributed by atoms with Crippen LogP contribution in [0.5, 0.6) is 0 Å². The molecule has 1 aromatic carbocycles. The number of hydrogen-bond donors (Lipinski definition) is 3. The SMILES string of the molecule is Cc1ccc2[nH]c(C(=O)Nc3cc(C4CCCC4)[nH]n3)cc2c1C. The maximum Gasteiger partial charge on any atom is 0.273 e. The summed E-state index contributed by atoms with van der Waals surface area (Å²) in [5.41, 5.74) is 5.10. The standard InChI is InChI=1S/C19H22N4O/c1-11-7-8-15-14(12(11)2)9-17(20-15)19(24)21-18-10-16(22-23-18)13-5-3-4-6-13/h7-10,13,20H,3-6H2,1-2H3,(H2,21,22,23,24). The molecule has 0 aliphatic heterocycles. The number of carbonyl (C=O) groups excluding carboxylic acids is 1. The lowest BCUT2D eigenvalue weighted by atomic mass is 10.0. The van der Waals surface area contributed by atoms with E-state index in [9.17, 15) is 4.79 Å². The maximum atomic E-state index is 12.5. The zero-order valence-corrected chi connectivity index (χ0v) is 14.1. The fourth-order valence-electron chi connectivity index (χ4n) is 3.61. The van der Waals surface area contributed by atoms with Gasteiger partial charge in [-0.15, -0.1) is 0 Å². The molecule has 1 saturated carbocycles. The highest BCUT2D eigenvalue weighted by Crippen LogP contribution is 2.33. The average molecular weight is 322 g/mol. The molecule has 0 spiro atoms. The van der Waals surface area contributed by atoms with Crippen LogP contribution < -0.4 is 5.32 Å². The smallest absolute Gasteiger partial charge is 0.273 e.